The molecule has 4 rings (SSSR count). The van der Waals surface area contributed by atoms with Gasteiger partial charge in [-0.3, -0.25) is 9.69 Å². The number of halogens is 1. The Kier molecular flexibility index (Phi) is 4.29. The minimum atomic E-state index is -0.161. The van der Waals surface area contributed by atoms with Crippen molar-refractivity contribution in [1.82, 2.24) is 19.6 Å². The number of carbonyl (C=O) groups excluding carboxylic acids is 1. The van der Waals surface area contributed by atoms with Crippen molar-refractivity contribution in [2.24, 2.45) is 5.41 Å². The summed E-state index contributed by atoms with van der Waals surface area (Å²) in [4.78, 5) is 16.9. The zero-order valence-electron chi connectivity index (χ0n) is 14.5. The van der Waals surface area contributed by atoms with Crippen molar-refractivity contribution < 1.29 is 4.79 Å². The third-order valence-corrected chi connectivity index (χ3v) is 5.84. The van der Waals surface area contributed by atoms with Crippen molar-refractivity contribution in [3.05, 3.63) is 47.2 Å². The van der Waals surface area contributed by atoms with Gasteiger partial charge in [0.1, 0.15) is 0 Å². The highest BCUT2D eigenvalue weighted by Gasteiger charge is 2.47. The molecule has 132 valence electrons. The van der Waals surface area contributed by atoms with E-state index in [1.807, 2.05) is 53.3 Å². The Bertz CT molecular complexity index is 789. The van der Waals surface area contributed by atoms with E-state index in [9.17, 15) is 4.79 Å². The van der Waals surface area contributed by atoms with E-state index in [4.69, 9.17) is 11.6 Å². The average Bonchev–Trinajstić information content (AvgIpc) is 3.22. The van der Waals surface area contributed by atoms with Gasteiger partial charge in [-0.15, -0.1) is 0 Å². The molecule has 25 heavy (non-hydrogen) atoms. The number of para-hydroxylation sites is 1. The van der Waals surface area contributed by atoms with Crippen LogP contribution in [0.15, 0.2) is 36.7 Å². The maximum Gasteiger partial charge on any atom is 0.229 e. The Hall–Kier alpha value is -1.85. The summed E-state index contributed by atoms with van der Waals surface area (Å²) in [6.45, 7) is 3.54. The summed E-state index contributed by atoms with van der Waals surface area (Å²) in [5.74, 6) is 0.327. The van der Waals surface area contributed by atoms with E-state index in [0.29, 0.717) is 10.9 Å². The number of amides is 1. The van der Waals surface area contributed by atoms with Crippen molar-refractivity contribution in [1.29, 1.82) is 0 Å². The van der Waals surface area contributed by atoms with Crippen LogP contribution in [0.2, 0.25) is 5.02 Å². The number of aromatic nitrogens is 2. The molecule has 0 radical (unpaired) electrons. The number of hydrogen-bond donors (Lipinski definition) is 0. The van der Waals surface area contributed by atoms with Crippen LogP contribution in [0.25, 0.3) is 5.69 Å². The monoisotopic (exact) mass is 358 g/mol. The molecule has 0 N–H and O–H groups in total. The van der Waals surface area contributed by atoms with E-state index in [1.54, 1.807) is 0 Å². The highest BCUT2D eigenvalue weighted by molar-refractivity contribution is 6.32. The number of piperidine rings is 1. The van der Waals surface area contributed by atoms with Crippen LogP contribution >= 0.6 is 11.6 Å². The van der Waals surface area contributed by atoms with E-state index in [0.717, 1.165) is 56.7 Å². The van der Waals surface area contributed by atoms with Gasteiger partial charge in [-0.25, -0.2) is 4.68 Å². The number of hydrogen-bond acceptors (Lipinski definition) is 3. The average molecular weight is 359 g/mol. The Morgan fingerprint density at radius 2 is 2.08 bits per heavy atom. The van der Waals surface area contributed by atoms with Gasteiger partial charge in [-0.05, 0) is 37.9 Å². The Balaban J connectivity index is 1.46. The summed E-state index contributed by atoms with van der Waals surface area (Å²) in [6, 6.07) is 7.70. The Labute approximate surface area is 153 Å². The fourth-order valence-corrected chi connectivity index (χ4v) is 4.43. The summed E-state index contributed by atoms with van der Waals surface area (Å²) in [5.41, 5.74) is 1.87. The van der Waals surface area contributed by atoms with Crippen molar-refractivity contribution in [3.8, 4) is 5.69 Å². The first-order chi connectivity index (χ1) is 12.1. The molecule has 0 saturated carbocycles. The number of rotatable bonds is 3. The molecule has 1 atom stereocenters. The van der Waals surface area contributed by atoms with Gasteiger partial charge in [0.25, 0.3) is 0 Å². The molecule has 1 aromatic carbocycles. The molecule has 2 aliphatic heterocycles. The number of nitrogens with zero attached hydrogens (tertiary/aromatic N) is 4. The fraction of sp³-hybridized carbons (Fsp3) is 0.474. The van der Waals surface area contributed by atoms with Gasteiger partial charge in [-0.1, -0.05) is 23.7 Å². The largest absolute Gasteiger partial charge is 0.345 e. The molecule has 5 nitrogen and oxygen atoms in total. The summed E-state index contributed by atoms with van der Waals surface area (Å²) < 4.78 is 1.82. The van der Waals surface area contributed by atoms with Gasteiger partial charge in [0.2, 0.25) is 5.91 Å². The van der Waals surface area contributed by atoms with E-state index in [1.165, 1.54) is 0 Å². The zero-order valence-corrected chi connectivity index (χ0v) is 15.2. The van der Waals surface area contributed by atoms with Gasteiger partial charge >= 0.3 is 0 Å². The van der Waals surface area contributed by atoms with Crippen molar-refractivity contribution in [2.45, 2.75) is 25.8 Å². The highest BCUT2D eigenvalue weighted by Crippen LogP contribution is 2.40. The van der Waals surface area contributed by atoms with Gasteiger partial charge in [0, 0.05) is 38.4 Å². The van der Waals surface area contributed by atoms with Crippen LogP contribution < -0.4 is 0 Å². The second kappa shape index (κ2) is 6.46. The van der Waals surface area contributed by atoms with Crippen LogP contribution in [0.5, 0.6) is 0 Å². The molecule has 0 aliphatic carbocycles. The van der Waals surface area contributed by atoms with Gasteiger partial charge < -0.3 is 4.90 Å². The lowest BCUT2D eigenvalue weighted by molar-refractivity contribution is -0.143. The summed E-state index contributed by atoms with van der Waals surface area (Å²) in [7, 11) is 1.93. The number of carbonyl (C=O) groups is 1. The topological polar surface area (TPSA) is 41.4 Å². The minimum Gasteiger partial charge on any atom is -0.345 e. The lowest BCUT2D eigenvalue weighted by Crippen LogP contribution is -2.48. The van der Waals surface area contributed by atoms with E-state index in [-0.39, 0.29) is 5.41 Å². The zero-order chi connectivity index (χ0) is 17.4. The molecule has 2 saturated heterocycles. The van der Waals surface area contributed by atoms with Crippen LogP contribution in [0.4, 0.5) is 0 Å². The van der Waals surface area contributed by atoms with Crippen molar-refractivity contribution in [3.63, 3.8) is 0 Å². The second-order valence-corrected chi connectivity index (χ2v) is 7.72. The molecule has 2 aliphatic rings. The van der Waals surface area contributed by atoms with Gasteiger partial charge in [-0.2, -0.15) is 5.10 Å². The Morgan fingerprint density at radius 3 is 2.92 bits per heavy atom. The molecule has 1 amide bonds. The molecular formula is C19H23ClN4O. The molecule has 2 aromatic rings. The first-order valence-electron chi connectivity index (χ1n) is 8.84. The quantitative estimate of drug-likeness (QED) is 0.847. The first-order valence-corrected chi connectivity index (χ1v) is 9.22. The van der Waals surface area contributed by atoms with Gasteiger partial charge in [0.05, 0.1) is 22.3 Å². The van der Waals surface area contributed by atoms with E-state index in [2.05, 4.69) is 10.00 Å². The molecule has 0 bridgehead atoms. The van der Waals surface area contributed by atoms with E-state index < -0.39 is 0 Å². The molecule has 2 fully saturated rings. The van der Waals surface area contributed by atoms with Crippen LogP contribution in [0.1, 0.15) is 24.8 Å². The minimum absolute atomic E-state index is 0.161. The second-order valence-electron chi connectivity index (χ2n) is 7.32. The number of benzene rings is 1. The van der Waals surface area contributed by atoms with E-state index >= 15 is 0 Å². The van der Waals surface area contributed by atoms with Crippen LogP contribution in [0.3, 0.4) is 0 Å². The maximum atomic E-state index is 12.6. The maximum absolute atomic E-state index is 12.6. The third kappa shape index (κ3) is 3.07. The standard InChI is InChI=1S/C19H23ClN4O/c1-22-9-4-7-19(18(22)25)8-10-23(14-19)12-15-11-21-24(13-15)17-6-3-2-5-16(17)20/h2-3,5-6,11,13H,4,7-10,12,14H2,1H3. The van der Waals surface area contributed by atoms with Crippen molar-refractivity contribution in [2.75, 3.05) is 26.7 Å². The van der Waals surface area contributed by atoms with Crippen LogP contribution in [0, 0.1) is 5.41 Å². The van der Waals surface area contributed by atoms with Crippen molar-refractivity contribution >= 4 is 17.5 Å². The van der Waals surface area contributed by atoms with Crippen LogP contribution in [-0.2, 0) is 11.3 Å². The fourth-order valence-electron chi connectivity index (χ4n) is 4.21. The highest BCUT2D eigenvalue weighted by atomic mass is 35.5. The predicted octanol–water partition coefficient (Wildman–Crippen LogP) is 2.97. The predicted molar refractivity (Wildman–Crippen MR) is 97.8 cm³/mol. The van der Waals surface area contributed by atoms with Crippen LogP contribution in [-0.4, -0.2) is 52.2 Å². The summed E-state index contributed by atoms with van der Waals surface area (Å²) in [6.07, 6.45) is 7.02. The molecule has 6 heteroatoms. The molecule has 1 unspecified atom stereocenters. The molecule has 3 heterocycles. The first kappa shape index (κ1) is 16.6. The smallest absolute Gasteiger partial charge is 0.229 e. The molecular weight excluding hydrogens is 336 g/mol. The third-order valence-electron chi connectivity index (χ3n) is 5.52. The summed E-state index contributed by atoms with van der Waals surface area (Å²) in [5, 5.41) is 5.14. The number of likely N-dealkylation sites (tertiary alicyclic amines) is 2. The SMILES string of the molecule is CN1CCCC2(CCN(Cc3cnn(-c4ccccc4Cl)c3)C2)C1=O. The molecule has 1 spiro atoms. The molecule has 1 aromatic heterocycles. The lowest BCUT2D eigenvalue weighted by atomic mass is 9.78. The Morgan fingerprint density at radius 1 is 1.24 bits per heavy atom. The normalized spacial score (nSPS) is 24.4. The van der Waals surface area contributed by atoms with Gasteiger partial charge in [0.15, 0.2) is 0 Å². The summed E-state index contributed by atoms with van der Waals surface area (Å²) >= 11 is 6.25. The lowest BCUT2D eigenvalue weighted by Gasteiger charge is -2.37.